The predicted molar refractivity (Wildman–Crippen MR) is 235 cm³/mol. The van der Waals surface area contributed by atoms with Gasteiger partial charge in [0.05, 0.1) is 0 Å². The van der Waals surface area contributed by atoms with E-state index >= 15 is 0 Å². The maximum Gasteiger partial charge on any atom is 0.407 e. The molecule has 6 rings (SSSR count). The van der Waals surface area contributed by atoms with Gasteiger partial charge in [-0.25, -0.2) is 9.59 Å². The zero-order valence-corrected chi connectivity index (χ0v) is 35.6. The molecule has 11 nitrogen and oxygen atoms in total. The molecule has 1 aliphatic rings. The third-order valence-electron chi connectivity index (χ3n) is 10.1. The Hall–Kier alpha value is -6.62. The Morgan fingerprint density at radius 3 is 1.38 bits per heavy atom. The number of amides is 3. The molecule has 318 valence electrons. The first kappa shape index (κ1) is 43.9. The Bertz CT molecular complexity index is 2250. The number of carboxylic acid groups (broad SMARTS) is 1. The van der Waals surface area contributed by atoms with Crippen molar-refractivity contribution in [1.29, 1.82) is 0 Å². The van der Waals surface area contributed by atoms with Crippen LogP contribution in [0.4, 0.5) is 4.79 Å². The average molecular weight is 826 g/mol. The summed E-state index contributed by atoms with van der Waals surface area (Å²) >= 11 is 0. The van der Waals surface area contributed by atoms with Crippen molar-refractivity contribution >= 4 is 23.9 Å². The van der Waals surface area contributed by atoms with E-state index in [1.807, 2.05) is 108 Å². The van der Waals surface area contributed by atoms with Gasteiger partial charge >= 0.3 is 12.1 Å². The fourth-order valence-electron chi connectivity index (χ4n) is 7.36. The number of hydrogen-bond donors (Lipinski definition) is 4. The maximum absolute atomic E-state index is 14.4. The molecular weight excluding hydrogens is 771 g/mol. The Labute approximate surface area is 357 Å². The van der Waals surface area contributed by atoms with Gasteiger partial charge in [-0.1, -0.05) is 103 Å². The van der Waals surface area contributed by atoms with E-state index < -0.39 is 53.2 Å². The van der Waals surface area contributed by atoms with Crippen LogP contribution in [0.2, 0.25) is 0 Å². The monoisotopic (exact) mass is 825 g/mol. The second kappa shape index (κ2) is 19.2. The van der Waals surface area contributed by atoms with Gasteiger partial charge in [-0.3, -0.25) is 9.59 Å². The highest BCUT2D eigenvalue weighted by molar-refractivity contribution is 5.93. The minimum absolute atomic E-state index is 0.0154. The van der Waals surface area contributed by atoms with Crippen LogP contribution in [0.1, 0.15) is 75.3 Å². The van der Waals surface area contributed by atoms with Crippen LogP contribution >= 0.6 is 0 Å². The Morgan fingerprint density at radius 2 is 0.918 bits per heavy atom. The molecule has 0 radical (unpaired) electrons. The number of benzene rings is 5. The van der Waals surface area contributed by atoms with Gasteiger partial charge in [-0.15, -0.1) is 0 Å². The van der Waals surface area contributed by atoms with Crippen LogP contribution in [0.3, 0.4) is 0 Å². The van der Waals surface area contributed by atoms with Gasteiger partial charge in [0.25, 0.3) is 0 Å². The summed E-state index contributed by atoms with van der Waals surface area (Å²) < 4.78 is 17.8. The number of carbonyl (C=O) groups excluding carboxylic acids is 3. The topological polar surface area (TPSA) is 152 Å². The minimum atomic E-state index is -1.28. The number of rotatable bonds is 16. The highest BCUT2D eigenvalue weighted by Gasteiger charge is 2.33. The fraction of sp³-hybridized carbons (Fsp3) is 0.320. The van der Waals surface area contributed by atoms with Crippen molar-refractivity contribution in [1.82, 2.24) is 16.0 Å². The third-order valence-corrected chi connectivity index (χ3v) is 10.1. The molecule has 61 heavy (non-hydrogen) atoms. The van der Waals surface area contributed by atoms with Crippen molar-refractivity contribution in [3.63, 3.8) is 0 Å². The predicted octanol–water partition coefficient (Wildman–Crippen LogP) is 8.03. The van der Waals surface area contributed by atoms with Crippen molar-refractivity contribution < 1.29 is 38.5 Å². The number of hydrogen-bond acceptors (Lipinski definition) is 7. The van der Waals surface area contributed by atoms with Gasteiger partial charge in [0, 0.05) is 25.2 Å². The highest BCUT2D eigenvalue weighted by atomic mass is 16.5. The van der Waals surface area contributed by atoms with E-state index in [1.165, 1.54) is 0 Å². The van der Waals surface area contributed by atoms with Crippen LogP contribution < -0.4 is 25.4 Å². The van der Waals surface area contributed by atoms with Gasteiger partial charge in [0.15, 0.2) is 0 Å². The first-order chi connectivity index (χ1) is 29.0. The number of nitrogens with one attached hydrogen (secondary N) is 3. The van der Waals surface area contributed by atoms with Crippen LogP contribution in [0.25, 0.3) is 11.1 Å². The summed E-state index contributed by atoms with van der Waals surface area (Å²) in [6.07, 6.45) is -0.715. The molecule has 11 heteroatoms. The molecule has 0 aliphatic heterocycles. The molecular formula is C50H55N3O8. The van der Waals surface area contributed by atoms with Crippen LogP contribution in [-0.2, 0) is 38.4 Å². The van der Waals surface area contributed by atoms with Crippen LogP contribution in [-0.4, -0.2) is 64.9 Å². The number of carbonyl (C=O) groups is 4. The van der Waals surface area contributed by atoms with Crippen molar-refractivity contribution in [3.05, 3.63) is 155 Å². The summed E-state index contributed by atoms with van der Waals surface area (Å²) in [5, 5.41) is 18.4. The fourth-order valence-corrected chi connectivity index (χ4v) is 7.36. The normalized spacial score (nSPS) is 13.7. The third kappa shape index (κ3) is 12.5. The number of aliphatic carboxylic acids is 1. The lowest BCUT2D eigenvalue weighted by Gasteiger charge is -2.25. The molecule has 5 aromatic rings. The number of carboxylic acids is 1. The van der Waals surface area contributed by atoms with E-state index in [-0.39, 0.29) is 31.8 Å². The van der Waals surface area contributed by atoms with E-state index in [0.717, 1.165) is 27.8 Å². The van der Waals surface area contributed by atoms with E-state index in [9.17, 15) is 24.3 Å². The van der Waals surface area contributed by atoms with Crippen LogP contribution in [0.5, 0.6) is 11.5 Å². The van der Waals surface area contributed by atoms with Gasteiger partial charge < -0.3 is 35.3 Å². The van der Waals surface area contributed by atoms with Crippen LogP contribution in [0.15, 0.2) is 127 Å². The van der Waals surface area contributed by atoms with Crippen molar-refractivity contribution in [2.75, 3.05) is 6.61 Å². The van der Waals surface area contributed by atoms with E-state index in [0.29, 0.717) is 22.6 Å². The first-order valence-corrected chi connectivity index (χ1v) is 20.6. The summed E-state index contributed by atoms with van der Waals surface area (Å²) in [6, 6.07) is 35.6. The summed E-state index contributed by atoms with van der Waals surface area (Å²) in [6.45, 7) is 11.7. The van der Waals surface area contributed by atoms with Gasteiger partial charge in [0.1, 0.15) is 47.4 Å². The van der Waals surface area contributed by atoms with E-state index in [1.54, 1.807) is 60.7 Å². The number of ether oxygens (including phenoxy) is 3. The minimum Gasteiger partial charge on any atom is -0.488 e. The molecule has 1 aliphatic carbocycles. The molecule has 3 atom stereocenters. The lowest BCUT2D eigenvalue weighted by atomic mass is 9.98. The molecule has 0 saturated carbocycles. The zero-order valence-electron chi connectivity index (χ0n) is 35.6. The second-order valence-corrected chi connectivity index (χ2v) is 17.3. The molecule has 0 spiro atoms. The summed E-state index contributed by atoms with van der Waals surface area (Å²) in [4.78, 5) is 54.7. The first-order valence-electron chi connectivity index (χ1n) is 20.6. The van der Waals surface area contributed by atoms with Gasteiger partial charge in [-0.2, -0.15) is 0 Å². The standard InChI is InChI=1S/C50H55N3O8/c1-49(2,3)60-35-24-20-33(21-25-35)28-42(45(54)52-44(47(56)57)30-32-14-8-7-9-15-32)51-46(55)43(29-34-22-26-36(27-23-34)61-50(4,5)6)53-48(58)59-31-41-39-18-12-10-16-37(39)38-17-11-13-19-40(38)41/h7-27,41-44H,28-31H2,1-6H3,(H,51,55)(H,52,54)(H,53,58)(H,56,57)/t42-,43+,44-/m0/s1. The molecule has 5 aromatic carbocycles. The lowest BCUT2D eigenvalue weighted by molar-refractivity contribution is -0.142. The van der Waals surface area contributed by atoms with Crippen LogP contribution in [0, 0.1) is 0 Å². The number of alkyl carbamates (subject to hydrolysis) is 1. The molecule has 3 amide bonds. The Morgan fingerprint density at radius 1 is 0.525 bits per heavy atom. The molecule has 0 heterocycles. The molecule has 4 N–H and O–H groups in total. The average Bonchev–Trinajstić information content (AvgIpc) is 3.53. The van der Waals surface area contributed by atoms with Crippen molar-refractivity contribution in [3.8, 4) is 22.6 Å². The zero-order chi connectivity index (χ0) is 43.7. The summed E-state index contributed by atoms with van der Waals surface area (Å²) in [5.41, 5.74) is 5.51. The largest absolute Gasteiger partial charge is 0.488 e. The molecule has 0 fully saturated rings. The molecule has 0 saturated heterocycles. The maximum atomic E-state index is 14.4. The van der Waals surface area contributed by atoms with E-state index in [4.69, 9.17) is 14.2 Å². The SMILES string of the molecule is CC(C)(C)Oc1ccc(C[C@H](NC(=O)[C@@H](Cc2ccc(OC(C)(C)C)cc2)NC(=O)OCC2c3ccccc3-c3ccccc32)C(=O)N[C@@H](Cc2ccccc2)C(=O)O)cc1. The molecule has 0 unspecified atom stereocenters. The summed E-state index contributed by atoms with van der Waals surface area (Å²) in [5.74, 6) is -1.52. The molecule has 0 bridgehead atoms. The molecule has 0 aromatic heterocycles. The highest BCUT2D eigenvalue weighted by Crippen LogP contribution is 2.44. The summed E-state index contributed by atoms with van der Waals surface area (Å²) in [7, 11) is 0. The lowest BCUT2D eigenvalue weighted by Crippen LogP contribution is -2.57. The number of fused-ring (bicyclic) bond motifs is 3. The Balaban J connectivity index is 1.24. The second-order valence-electron chi connectivity index (χ2n) is 17.3. The Kier molecular flexibility index (Phi) is 13.8. The van der Waals surface area contributed by atoms with Crippen molar-refractivity contribution in [2.45, 2.75) is 96.1 Å². The van der Waals surface area contributed by atoms with Gasteiger partial charge in [0.2, 0.25) is 11.8 Å². The van der Waals surface area contributed by atoms with E-state index in [2.05, 4.69) is 16.0 Å². The quantitative estimate of drug-likeness (QED) is 0.0781. The van der Waals surface area contributed by atoms with Gasteiger partial charge in [-0.05, 0) is 105 Å². The van der Waals surface area contributed by atoms with Crippen molar-refractivity contribution in [2.24, 2.45) is 0 Å². The smallest absolute Gasteiger partial charge is 0.407 e.